The molecule has 0 aliphatic carbocycles. The number of ketones is 2. The summed E-state index contributed by atoms with van der Waals surface area (Å²) >= 11 is 6.89. The Balaban J connectivity index is 0.000000217. The van der Waals surface area contributed by atoms with E-state index in [0.717, 1.165) is 62.1 Å². The normalized spacial score (nSPS) is 24.5. The van der Waals surface area contributed by atoms with Gasteiger partial charge in [-0.3, -0.25) is 38.4 Å². The second kappa shape index (κ2) is 38.4. The molecule has 0 bridgehead atoms. The number of aliphatic hydroxyl groups is 3. The zero-order chi connectivity index (χ0) is 72.8. The summed E-state index contributed by atoms with van der Waals surface area (Å²) in [6.45, 7) is 5.24. The van der Waals surface area contributed by atoms with E-state index in [1.165, 1.54) is 48.8 Å². The zero-order valence-electron chi connectivity index (χ0n) is 54.4. The SMILES string of the molecule is CC(=O)OCC1OC(Br)C(OC(C)=O)C(OC(C)=O)C1F.COc1ccc(C(=O)c2sccc2O)cc1.COc1ccc(C(=O)c2sccc2OC2OC(COC(C)=O)C(F)C(OC(C)=O)C2OC(C)=O)cc1.COc1ccc(Cc2sccc2OC2OC(CO)C(F)C(O)C2O)cc1. The summed E-state index contributed by atoms with van der Waals surface area (Å²) in [6, 6.07) is 25.6. The number of esters is 6. The van der Waals surface area contributed by atoms with Gasteiger partial charge in [0.05, 0.1) is 32.8 Å². The van der Waals surface area contributed by atoms with E-state index in [4.69, 9.17) is 66.3 Å². The van der Waals surface area contributed by atoms with E-state index in [2.05, 4.69) is 15.9 Å². The molecule has 9 rings (SSSR count). The third kappa shape index (κ3) is 22.9. The predicted octanol–water partition coefficient (Wildman–Crippen LogP) is 7.92. The molecule has 3 saturated heterocycles. The van der Waals surface area contributed by atoms with Crippen molar-refractivity contribution in [1.82, 2.24) is 0 Å². The zero-order valence-corrected chi connectivity index (χ0v) is 58.4. The molecule has 33 heteroatoms. The molecular weight excluding hydrogens is 1440 g/mol. The molecule has 3 aliphatic heterocycles. The van der Waals surface area contributed by atoms with Gasteiger partial charge in [0.2, 0.25) is 30.3 Å². The van der Waals surface area contributed by atoms with Crippen LogP contribution in [0.3, 0.4) is 0 Å². The molecule has 6 aromatic rings. The van der Waals surface area contributed by atoms with E-state index in [1.807, 2.05) is 29.6 Å². The molecule has 3 fully saturated rings. The second-order valence-corrected chi connectivity index (χ2v) is 25.1. The number of ether oxygens (including phenoxy) is 14. The number of aromatic hydroxyl groups is 1. The van der Waals surface area contributed by atoms with Gasteiger partial charge in [-0.25, -0.2) is 13.2 Å². The van der Waals surface area contributed by atoms with Gasteiger partial charge < -0.3 is 86.7 Å². The number of hydrogen-bond acceptors (Lipinski definition) is 29. The minimum absolute atomic E-state index is 0.0332. The lowest BCUT2D eigenvalue weighted by atomic mass is 9.99. The first-order valence-electron chi connectivity index (χ1n) is 29.8. The minimum Gasteiger partial charge on any atom is -0.506 e. The number of carbonyl (C=O) groups is 8. The van der Waals surface area contributed by atoms with Crippen molar-refractivity contribution in [3.8, 4) is 34.5 Å². The summed E-state index contributed by atoms with van der Waals surface area (Å²) in [4.78, 5) is 94.2. The third-order valence-electron chi connectivity index (χ3n) is 14.1. The van der Waals surface area contributed by atoms with Crippen LogP contribution in [0.25, 0.3) is 0 Å². The number of benzene rings is 3. The fourth-order valence-corrected chi connectivity index (χ4v) is 12.5. The lowest BCUT2D eigenvalue weighted by Crippen LogP contribution is -2.61. The number of hydrogen-bond donors (Lipinski definition) is 4. The van der Waals surface area contributed by atoms with Gasteiger partial charge >= 0.3 is 35.8 Å². The van der Waals surface area contributed by atoms with Gasteiger partial charge in [-0.2, -0.15) is 0 Å². The molecule has 15 unspecified atom stereocenters. The second-order valence-electron chi connectivity index (χ2n) is 21.3. The van der Waals surface area contributed by atoms with Crippen molar-refractivity contribution in [1.29, 1.82) is 0 Å². The number of rotatable bonds is 22. The van der Waals surface area contributed by atoms with Gasteiger partial charge in [-0.15, -0.1) is 34.0 Å². The van der Waals surface area contributed by atoms with Gasteiger partial charge in [0.15, 0.2) is 41.8 Å². The van der Waals surface area contributed by atoms with Crippen LogP contribution in [0.5, 0.6) is 34.5 Å². The Bertz CT molecular complexity index is 3630. The molecular formula is C66H72BrF3O26S3. The van der Waals surface area contributed by atoms with Crippen LogP contribution in [0.15, 0.2) is 107 Å². The first kappa shape index (κ1) is 79.7. The van der Waals surface area contributed by atoms with Gasteiger partial charge in [-0.1, -0.05) is 28.1 Å². The number of methoxy groups -OCH3 is 3. The van der Waals surface area contributed by atoms with E-state index in [-0.39, 0.29) is 34.5 Å². The Morgan fingerprint density at radius 2 is 0.889 bits per heavy atom. The van der Waals surface area contributed by atoms with E-state index >= 15 is 4.39 Å². The largest absolute Gasteiger partial charge is 0.506 e. The number of aliphatic hydroxyl groups excluding tert-OH is 3. The molecule has 0 amide bonds. The van der Waals surface area contributed by atoms with Crippen LogP contribution < -0.4 is 23.7 Å². The molecule has 0 radical (unpaired) electrons. The van der Waals surface area contributed by atoms with Crippen molar-refractivity contribution in [2.45, 2.75) is 139 Å². The highest BCUT2D eigenvalue weighted by Crippen LogP contribution is 2.37. The third-order valence-corrected chi connectivity index (χ3v) is 17.6. The molecule has 26 nitrogen and oxygen atoms in total. The molecule has 3 aromatic heterocycles. The van der Waals surface area contributed by atoms with E-state index < -0.39 is 140 Å². The fourth-order valence-electron chi connectivity index (χ4n) is 9.42. The molecule has 99 heavy (non-hydrogen) atoms. The number of halogens is 4. The van der Waals surface area contributed by atoms with Gasteiger partial charge in [-0.05, 0) is 101 Å². The van der Waals surface area contributed by atoms with Crippen LogP contribution in [0.2, 0.25) is 0 Å². The molecule has 538 valence electrons. The summed E-state index contributed by atoms with van der Waals surface area (Å²) in [7, 11) is 4.68. The predicted molar refractivity (Wildman–Crippen MR) is 349 cm³/mol. The molecule has 3 aliphatic rings. The highest BCUT2D eigenvalue weighted by Gasteiger charge is 2.53. The standard InChI is InChI=1S/C24H25FO10S.C18H21FO6S.C12H16BrFO7.C12H10O3S/c1-12(26)31-11-18-19(25)21(32-13(2)27)22(33-14(3)28)24(35-18)34-17-9-10-36-23(17)20(29)15-5-7-16(30-4)8-6-15;1-23-11-4-2-10(3-5-11)8-14-12(6-7-26-14)24-18-17(22)16(21)15(19)13(9-20)25-18;1-5(15)18-4-8-9(14)10(19-6(2)16)11(12(13)21-8)20-7(3)17;1-15-9-4-2-8(3-5-9)11(14)12-10(13)6-7-16-12/h5-10,18-19,21-22,24H,11H2,1-4H3;2-7,13,15-18,20-22H,8-9H2,1H3;8-12H,4H2,1-3H3;2-7,13H,1H3. The smallest absolute Gasteiger partial charge is 0.303 e. The van der Waals surface area contributed by atoms with Gasteiger partial charge in [0, 0.05) is 59.1 Å². The Morgan fingerprint density at radius 1 is 0.475 bits per heavy atom. The van der Waals surface area contributed by atoms with Gasteiger partial charge in [0.1, 0.15) is 88.0 Å². The van der Waals surface area contributed by atoms with Crippen molar-refractivity contribution in [2.75, 3.05) is 41.2 Å². The first-order chi connectivity index (χ1) is 47.1. The summed E-state index contributed by atoms with van der Waals surface area (Å²) in [6.07, 6.45) is -20.5. The average molecular weight is 1510 g/mol. The van der Waals surface area contributed by atoms with Crippen molar-refractivity contribution >= 4 is 97.3 Å². The maximum Gasteiger partial charge on any atom is 0.303 e. The van der Waals surface area contributed by atoms with E-state index in [9.17, 15) is 67.6 Å². The molecule has 15 atom stereocenters. The minimum atomic E-state index is -2.01. The van der Waals surface area contributed by atoms with Crippen molar-refractivity contribution in [2.24, 2.45) is 0 Å². The number of thiophene rings is 3. The van der Waals surface area contributed by atoms with Crippen LogP contribution in [0.1, 0.15) is 82.5 Å². The number of alkyl halides is 4. The Morgan fingerprint density at radius 3 is 1.36 bits per heavy atom. The Kier molecular flexibility index (Phi) is 30.9. The van der Waals surface area contributed by atoms with Crippen molar-refractivity contribution < 1.29 is 138 Å². The van der Waals surface area contributed by atoms with E-state index in [1.54, 1.807) is 79.6 Å². The highest BCUT2D eigenvalue weighted by molar-refractivity contribution is 9.09. The highest BCUT2D eigenvalue weighted by atomic mass is 79.9. The quantitative estimate of drug-likeness (QED) is 0.0217. The first-order valence-corrected chi connectivity index (χ1v) is 33.3. The summed E-state index contributed by atoms with van der Waals surface area (Å²) in [5.41, 5.74) is 1.94. The maximum absolute atomic E-state index is 15.3. The molecule has 0 saturated carbocycles. The van der Waals surface area contributed by atoms with Crippen LogP contribution in [-0.4, -0.2) is 200 Å². The molecule has 0 spiro atoms. The molecule has 4 N–H and O–H groups in total. The fraction of sp³-hybridized carbons (Fsp3) is 0.424. The lowest BCUT2D eigenvalue weighted by Gasteiger charge is -2.41. The number of carbonyl (C=O) groups excluding carboxylic acids is 8. The Labute approximate surface area is 585 Å². The summed E-state index contributed by atoms with van der Waals surface area (Å²) in [5, 5.41) is 42.7. The van der Waals surface area contributed by atoms with Crippen molar-refractivity contribution in [3.05, 3.63) is 138 Å². The average Bonchev–Trinajstić information content (AvgIpc) is 1.66. The maximum atomic E-state index is 15.3. The monoisotopic (exact) mass is 1510 g/mol. The Hall–Kier alpha value is -8.25. The van der Waals surface area contributed by atoms with Crippen LogP contribution in [-0.2, 0) is 77.8 Å². The van der Waals surface area contributed by atoms with Crippen molar-refractivity contribution in [3.63, 3.8) is 0 Å². The van der Waals surface area contributed by atoms with Gasteiger partial charge in [0.25, 0.3) is 0 Å². The molecule has 3 aromatic carbocycles. The van der Waals surface area contributed by atoms with Crippen LogP contribution in [0.4, 0.5) is 13.2 Å². The summed E-state index contributed by atoms with van der Waals surface area (Å²) in [5.74, 6) is -2.22. The topological polar surface area (TPSA) is 347 Å². The summed E-state index contributed by atoms with van der Waals surface area (Å²) < 4.78 is 116. The molecule has 6 heterocycles. The lowest BCUT2D eigenvalue weighted by molar-refractivity contribution is -0.275. The van der Waals surface area contributed by atoms with Crippen LogP contribution >= 0.6 is 49.9 Å². The van der Waals surface area contributed by atoms with Crippen LogP contribution in [0, 0.1) is 0 Å². The van der Waals surface area contributed by atoms with E-state index in [0.29, 0.717) is 39.7 Å².